The van der Waals surface area contributed by atoms with E-state index in [2.05, 4.69) is 15.6 Å². The van der Waals surface area contributed by atoms with Gasteiger partial charge in [0.15, 0.2) is 5.17 Å². The van der Waals surface area contributed by atoms with Crippen molar-refractivity contribution in [3.63, 3.8) is 0 Å². The maximum Gasteiger partial charge on any atom is 0.327 e. The van der Waals surface area contributed by atoms with E-state index in [9.17, 15) is 19.5 Å². The lowest BCUT2D eigenvalue weighted by Gasteiger charge is -2.22. The quantitative estimate of drug-likeness (QED) is 0.624. The Hall–Kier alpha value is -2.46. The van der Waals surface area contributed by atoms with Crippen LogP contribution < -0.4 is 10.6 Å². The Balaban J connectivity index is 1.80. The van der Waals surface area contributed by atoms with E-state index in [0.717, 1.165) is 5.75 Å². The molecule has 0 spiro atoms. The molecule has 1 aromatic rings. The lowest BCUT2D eigenvalue weighted by molar-refractivity contribution is -0.146. The van der Waals surface area contributed by atoms with Crippen molar-refractivity contribution in [2.24, 2.45) is 4.99 Å². The third-order valence-corrected chi connectivity index (χ3v) is 5.79. The summed E-state index contributed by atoms with van der Waals surface area (Å²) in [4.78, 5) is 42.3. The number of carboxylic acids is 1. The predicted molar refractivity (Wildman–Crippen MR) is 105 cm³/mol. The fourth-order valence-electron chi connectivity index (χ4n) is 2.49. The number of carboxylic acid groups (broad SMARTS) is 1. The van der Waals surface area contributed by atoms with Crippen LogP contribution in [0.4, 0.5) is 0 Å². The number of amides is 2. The van der Waals surface area contributed by atoms with E-state index < -0.39 is 23.8 Å². The number of amidine groups is 1. The minimum Gasteiger partial charge on any atom is -0.480 e. The van der Waals surface area contributed by atoms with Crippen LogP contribution in [-0.4, -0.2) is 62.9 Å². The molecule has 2 aliphatic rings. The van der Waals surface area contributed by atoms with Gasteiger partial charge in [-0.2, -0.15) is 0 Å². The minimum absolute atomic E-state index is 0.0206. The number of hydrogen-bond donors (Lipinski definition) is 3. The number of carbonyl (C=O) groups excluding carboxylic acids is 2. The number of aliphatic carboxylic acids is 1. The second kappa shape index (κ2) is 8.96. The molecule has 1 aromatic carbocycles. The summed E-state index contributed by atoms with van der Waals surface area (Å²) in [5.74, 6) is -0.643. The van der Waals surface area contributed by atoms with Crippen molar-refractivity contribution in [1.29, 1.82) is 0 Å². The Morgan fingerprint density at radius 3 is 2.70 bits per heavy atom. The number of nitrogens with one attached hydrogen (secondary N) is 2. The zero-order valence-corrected chi connectivity index (χ0v) is 15.9. The summed E-state index contributed by atoms with van der Waals surface area (Å²) in [6.45, 7) is 0.685. The lowest BCUT2D eigenvalue weighted by Crippen LogP contribution is -2.45. The first-order valence-corrected chi connectivity index (χ1v) is 10.3. The molecule has 0 radical (unpaired) electrons. The summed E-state index contributed by atoms with van der Waals surface area (Å²) in [6.07, 6.45) is 1.38. The van der Waals surface area contributed by atoms with Crippen LogP contribution in [0.2, 0.25) is 0 Å². The molecule has 0 bridgehead atoms. The molecule has 10 heteroatoms. The van der Waals surface area contributed by atoms with Crippen LogP contribution in [0.5, 0.6) is 0 Å². The van der Waals surface area contributed by atoms with Crippen LogP contribution in [0, 0.1) is 0 Å². The maximum absolute atomic E-state index is 12.9. The third kappa shape index (κ3) is 4.83. The molecule has 27 heavy (non-hydrogen) atoms. The fraction of sp³-hybridized carbons (Fsp3) is 0.294. The molecule has 0 aromatic heterocycles. The van der Waals surface area contributed by atoms with Gasteiger partial charge < -0.3 is 20.6 Å². The van der Waals surface area contributed by atoms with Crippen molar-refractivity contribution in [3.05, 3.63) is 47.8 Å². The lowest BCUT2D eigenvalue weighted by atomic mass is 10.2. The first-order valence-electron chi connectivity index (χ1n) is 8.18. The Kier molecular flexibility index (Phi) is 6.40. The summed E-state index contributed by atoms with van der Waals surface area (Å²) >= 11 is 2.87. The van der Waals surface area contributed by atoms with Gasteiger partial charge in [-0.15, -0.1) is 11.8 Å². The summed E-state index contributed by atoms with van der Waals surface area (Å²) in [5, 5.41) is 15.5. The van der Waals surface area contributed by atoms with Crippen LogP contribution in [0.15, 0.2) is 47.2 Å². The first-order chi connectivity index (χ1) is 13.1. The normalized spacial score (nSPS) is 19.6. The van der Waals surface area contributed by atoms with Crippen LogP contribution in [0.1, 0.15) is 10.4 Å². The van der Waals surface area contributed by atoms with Crippen LogP contribution in [-0.2, 0) is 9.59 Å². The molecule has 0 aliphatic carbocycles. The van der Waals surface area contributed by atoms with Gasteiger partial charge in [0.1, 0.15) is 11.7 Å². The van der Waals surface area contributed by atoms with Crippen molar-refractivity contribution in [2.75, 3.05) is 23.9 Å². The highest BCUT2D eigenvalue weighted by Gasteiger charge is 2.36. The van der Waals surface area contributed by atoms with E-state index in [1.54, 1.807) is 30.3 Å². The van der Waals surface area contributed by atoms with E-state index in [1.165, 1.54) is 34.6 Å². The van der Waals surface area contributed by atoms with Crippen molar-refractivity contribution in [2.45, 2.75) is 6.04 Å². The second-order valence-corrected chi connectivity index (χ2v) is 7.77. The van der Waals surface area contributed by atoms with E-state index in [4.69, 9.17) is 0 Å². The van der Waals surface area contributed by atoms with E-state index in [0.29, 0.717) is 23.0 Å². The summed E-state index contributed by atoms with van der Waals surface area (Å²) in [6, 6.07) is 7.58. The molecule has 2 heterocycles. The topological polar surface area (TPSA) is 111 Å². The van der Waals surface area contributed by atoms with Gasteiger partial charge in [0, 0.05) is 23.3 Å². The molecule has 142 valence electrons. The molecule has 1 unspecified atom stereocenters. The summed E-state index contributed by atoms with van der Waals surface area (Å²) in [5.41, 5.74) is 0.377. The number of rotatable bonds is 5. The second-order valence-electron chi connectivity index (χ2n) is 5.69. The molecule has 2 amide bonds. The highest BCUT2D eigenvalue weighted by molar-refractivity contribution is 8.14. The van der Waals surface area contributed by atoms with Crippen molar-refractivity contribution in [1.82, 2.24) is 15.5 Å². The number of nitrogens with zero attached hydrogens (tertiary/aromatic N) is 2. The highest BCUT2D eigenvalue weighted by atomic mass is 32.2. The standard InChI is InChI=1S/C17H18N4O4S2/c22-14(11-4-2-1-3-5-11)20-12(8-19-17-18-6-7-27-17)15(23)21-10-26-9-13(21)16(24)25/h1-5,8,13H,6-7,9-10H2,(H,18,19)(H,20,22)(H,24,25)/b12-8+. The van der Waals surface area contributed by atoms with Gasteiger partial charge in [-0.25, -0.2) is 4.79 Å². The van der Waals surface area contributed by atoms with Crippen molar-refractivity contribution in [3.8, 4) is 0 Å². The van der Waals surface area contributed by atoms with Crippen molar-refractivity contribution >= 4 is 46.5 Å². The average Bonchev–Trinajstić information content (AvgIpc) is 3.36. The molecule has 1 atom stereocenters. The fourth-order valence-corrected chi connectivity index (χ4v) is 4.34. The molecule has 1 fully saturated rings. The number of thioether (sulfide) groups is 2. The first kappa shape index (κ1) is 19.3. The van der Waals surface area contributed by atoms with Gasteiger partial charge in [-0.3, -0.25) is 14.6 Å². The Morgan fingerprint density at radius 1 is 1.26 bits per heavy atom. The smallest absolute Gasteiger partial charge is 0.327 e. The SMILES string of the molecule is O=C(N/C(=C/NC1=NCCS1)C(=O)N1CSCC1C(=O)O)c1ccccc1. The Morgan fingerprint density at radius 2 is 2.04 bits per heavy atom. The molecular weight excluding hydrogens is 388 g/mol. The third-order valence-electron chi connectivity index (χ3n) is 3.87. The van der Waals surface area contributed by atoms with E-state index in [-0.39, 0.29) is 11.6 Å². The average molecular weight is 406 g/mol. The monoisotopic (exact) mass is 406 g/mol. The Labute approximate surface area is 164 Å². The van der Waals surface area contributed by atoms with Gasteiger partial charge in [-0.05, 0) is 12.1 Å². The van der Waals surface area contributed by atoms with Gasteiger partial charge in [0.2, 0.25) is 0 Å². The zero-order chi connectivity index (χ0) is 19.2. The van der Waals surface area contributed by atoms with Gasteiger partial charge >= 0.3 is 5.97 Å². The van der Waals surface area contributed by atoms with Crippen LogP contribution in [0.3, 0.4) is 0 Å². The summed E-state index contributed by atoms with van der Waals surface area (Å²) in [7, 11) is 0. The molecular formula is C17H18N4O4S2. The van der Waals surface area contributed by atoms with Gasteiger partial charge in [0.05, 0.1) is 12.4 Å². The van der Waals surface area contributed by atoms with Gasteiger partial charge in [-0.1, -0.05) is 30.0 Å². The summed E-state index contributed by atoms with van der Waals surface area (Å²) < 4.78 is 0. The van der Waals surface area contributed by atoms with E-state index >= 15 is 0 Å². The van der Waals surface area contributed by atoms with Gasteiger partial charge in [0.25, 0.3) is 11.8 Å². The molecule has 1 saturated heterocycles. The predicted octanol–water partition coefficient (Wildman–Crippen LogP) is 0.936. The maximum atomic E-state index is 12.9. The largest absolute Gasteiger partial charge is 0.480 e. The highest BCUT2D eigenvalue weighted by Crippen LogP contribution is 2.22. The van der Waals surface area contributed by atoms with Crippen LogP contribution in [0.25, 0.3) is 0 Å². The molecule has 8 nitrogen and oxygen atoms in total. The number of aliphatic imine (C=N–C) groups is 1. The molecule has 0 saturated carbocycles. The van der Waals surface area contributed by atoms with Crippen LogP contribution >= 0.6 is 23.5 Å². The number of hydrogen-bond acceptors (Lipinski definition) is 7. The Bertz CT molecular complexity index is 797. The van der Waals surface area contributed by atoms with E-state index in [1.807, 2.05) is 0 Å². The number of benzene rings is 1. The van der Waals surface area contributed by atoms with Crippen molar-refractivity contribution < 1.29 is 19.5 Å². The number of carbonyl (C=O) groups is 3. The zero-order valence-electron chi connectivity index (χ0n) is 14.3. The molecule has 3 N–H and O–H groups in total. The minimum atomic E-state index is -1.06. The molecule has 2 aliphatic heterocycles. The molecule has 3 rings (SSSR count).